The van der Waals surface area contributed by atoms with Crippen LogP contribution >= 0.6 is 0 Å². The number of carbonyl (C=O) groups excluding carboxylic acids is 2. The predicted octanol–water partition coefficient (Wildman–Crippen LogP) is 10.1. The van der Waals surface area contributed by atoms with Crippen LogP contribution < -0.4 is 0 Å². The van der Waals surface area contributed by atoms with Crippen LogP contribution in [0.5, 0.6) is 0 Å². The molecule has 2 atom stereocenters. The van der Waals surface area contributed by atoms with Crippen LogP contribution in [0.4, 0.5) is 0 Å². The number of unbranched alkanes of at least 4 members (excludes halogenated alkanes) is 18. The highest BCUT2D eigenvalue weighted by Crippen LogP contribution is 2.28. The van der Waals surface area contributed by atoms with E-state index in [0.717, 1.165) is 25.0 Å². The molecule has 336 valence electrons. The van der Waals surface area contributed by atoms with E-state index < -0.39 is 30.0 Å². The second-order valence-electron chi connectivity index (χ2n) is 15.5. The lowest BCUT2D eigenvalue weighted by molar-refractivity contribution is -0.149. The van der Waals surface area contributed by atoms with Crippen molar-refractivity contribution >= 4 is 42.9 Å². The molecule has 0 radical (unpaired) electrons. The van der Waals surface area contributed by atoms with Gasteiger partial charge in [-0.2, -0.15) is 16.8 Å². The van der Waals surface area contributed by atoms with Gasteiger partial charge in [0.05, 0.1) is 13.2 Å². The van der Waals surface area contributed by atoms with Gasteiger partial charge in [0, 0.05) is 10.8 Å². The maximum absolute atomic E-state index is 11.6. The third-order valence-electron chi connectivity index (χ3n) is 10.1. The van der Waals surface area contributed by atoms with Crippen LogP contribution in [0.15, 0.2) is 46.2 Å². The third kappa shape index (κ3) is 25.8. The zero-order chi connectivity index (χ0) is 44.0. The van der Waals surface area contributed by atoms with Crippen molar-refractivity contribution in [3.8, 4) is 0 Å². The van der Waals surface area contributed by atoms with Gasteiger partial charge in [-0.3, -0.25) is 28.5 Å². The lowest BCUT2D eigenvalue weighted by Gasteiger charge is -2.17. The Morgan fingerprint density at radius 3 is 1.00 bits per heavy atom. The minimum Gasteiger partial charge on any atom is -0.465 e. The maximum Gasteiger partial charge on any atom is 0.323 e. The number of benzene rings is 2. The van der Waals surface area contributed by atoms with Gasteiger partial charge in [0.15, 0.2) is 0 Å². The van der Waals surface area contributed by atoms with Gasteiger partial charge in [0.2, 0.25) is 0 Å². The highest BCUT2D eigenvalue weighted by Gasteiger charge is 2.19. The second kappa shape index (κ2) is 32.2. The first-order valence-corrected chi connectivity index (χ1v) is 24.4. The Kier molecular flexibility index (Phi) is 30.7. The van der Waals surface area contributed by atoms with Crippen molar-refractivity contribution in [2.24, 2.45) is 0 Å². The zero-order valence-corrected chi connectivity index (χ0v) is 38.7. The van der Waals surface area contributed by atoms with E-state index in [-0.39, 0.29) is 34.8 Å². The average Bonchev–Trinajstić information content (AvgIpc) is 3.17. The molecule has 0 saturated heterocycles. The van der Waals surface area contributed by atoms with Gasteiger partial charge in [-0.15, -0.1) is 0 Å². The predicted molar refractivity (Wildman–Crippen MR) is 235 cm³/mol. The molecule has 0 amide bonds. The molecule has 0 aliphatic heterocycles. The van der Waals surface area contributed by atoms with Crippen molar-refractivity contribution in [2.75, 3.05) is 41.4 Å². The van der Waals surface area contributed by atoms with Crippen molar-refractivity contribution < 1.29 is 45.0 Å². The summed E-state index contributed by atoms with van der Waals surface area (Å²) >= 11 is 0. The van der Waals surface area contributed by atoms with E-state index in [2.05, 4.69) is 13.8 Å². The number of hydrogen-bond donors (Lipinski definition) is 2. The number of nitrogens with zero attached hydrogens (tertiary/aromatic N) is 2. The summed E-state index contributed by atoms with van der Waals surface area (Å²) in [5.41, 5.74) is 0. The Bertz CT molecular complexity index is 1500. The quantitative estimate of drug-likeness (QED) is 0.0473. The Labute approximate surface area is 352 Å². The Morgan fingerprint density at radius 2 is 0.759 bits per heavy atom. The molecule has 0 saturated carbocycles. The van der Waals surface area contributed by atoms with E-state index in [9.17, 15) is 26.4 Å². The van der Waals surface area contributed by atoms with Crippen molar-refractivity contribution in [1.29, 1.82) is 0 Å². The van der Waals surface area contributed by atoms with Crippen LogP contribution in [0, 0.1) is 0 Å². The number of carbonyl (C=O) groups is 2. The second-order valence-corrected chi connectivity index (χ2v) is 18.3. The minimum absolute atomic E-state index is 0.0233. The Balaban J connectivity index is 0.000000841. The summed E-state index contributed by atoms with van der Waals surface area (Å²) in [4.78, 5) is 26.1. The maximum atomic E-state index is 11.6. The molecular formula is C44H78N2O10S2. The van der Waals surface area contributed by atoms with Gasteiger partial charge < -0.3 is 9.47 Å². The Hall–Kier alpha value is -2.62. The highest BCUT2D eigenvalue weighted by molar-refractivity contribution is 7.86. The molecule has 0 bridgehead atoms. The Morgan fingerprint density at radius 1 is 0.500 bits per heavy atom. The molecule has 14 heteroatoms. The molecule has 12 nitrogen and oxygen atoms in total. The van der Waals surface area contributed by atoms with Gasteiger partial charge in [-0.05, 0) is 67.0 Å². The molecule has 0 fully saturated rings. The van der Waals surface area contributed by atoms with E-state index in [0.29, 0.717) is 13.2 Å². The van der Waals surface area contributed by atoms with Crippen molar-refractivity contribution in [2.45, 2.75) is 178 Å². The number of esters is 2. The molecule has 0 heterocycles. The zero-order valence-electron chi connectivity index (χ0n) is 37.0. The van der Waals surface area contributed by atoms with E-state index in [1.54, 1.807) is 0 Å². The fraction of sp³-hybridized carbons (Fsp3) is 0.727. The fourth-order valence-corrected chi connectivity index (χ4v) is 7.30. The number of likely N-dealkylation sites (N-methyl/N-ethyl adjacent to an activating group) is 2. The molecule has 0 aliphatic rings. The number of ether oxygens (including phenoxy) is 2. The summed E-state index contributed by atoms with van der Waals surface area (Å²) in [5.74, 6) is -0.211. The summed E-state index contributed by atoms with van der Waals surface area (Å²) < 4.78 is 73.2. The third-order valence-corrected chi connectivity index (χ3v) is 11.9. The molecule has 0 spiro atoms. The molecule has 0 aliphatic carbocycles. The molecule has 2 aromatic rings. The first kappa shape index (κ1) is 55.4. The SMILES string of the molecule is CCCCCCCCCCCCOC(=O)C(C)N(C)C.CCCCCCCCCCCCOC(=O)C(C)N(C)C.O=S(=O)(O)c1cccc2c(S(=O)(=O)O)cccc12. The molecule has 2 rings (SSSR count). The fourth-order valence-electron chi connectivity index (χ4n) is 5.89. The first-order valence-electron chi connectivity index (χ1n) is 21.5. The van der Waals surface area contributed by atoms with Crippen molar-refractivity contribution in [3.63, 3.8) is 0 Å². The van der Waals surface area contributed by atoms with Gasteiger partial charge >= 0.3 is 11.9 Å². The summed E-state index contributed by atoms with van der Waals surface area (Å²) in [6.45, 7) is 9.42. The van der Waals surface area contributed by atoms with Gasteiger partial charge in [0.1, 0.15) is 21.9 Å². The van der Waals surface area contributed by atoms with Gasteiger partial charge in [0.25, 0.3) is 20.2 Å². The first-order chi connectivity index (χ1) is 27.4. The largest absolute Gasteiger partial charge is 0.465 e. The molecule has 2 unspecified atom stereocenters. The summed E-state index contributed by atoms with van der Waals surface area (Å²) in [6.07, 6.45) is 26.1. The van der Waals surface area contributed by atoms with Crippen LogP contribution in [-0.2, 0) is 39.3 Å². The van der Waals surface area contributed by atoms with E-state index in [1.807, 2.05) is 51.8 Å². The van der Waals surface area contributed by atoms with Gasteiger partial charge in [-0.25, -0.2) is 0 Å². The lowest BCUT2D eigenvalue weighted by atomic mass is 10.1. The molecular weight excluding hydrogens is 781 g/mol. The average molecular weight is 859 g/mol. The monoisotopic (exact) mass is 859 g/mol. The smallest absolute Gasteiger partial charge is 0.323 e. The number of hydrogen-bond acceptors (Lipinski definition) is 10. The van der Waals surface area contributed by atoms with Gasteiger partial charge in [-0.1, -0.05) is 154 Å². The number of rotatable bonds is 28. The highest BCUT2D eigenvalue weighted by atomic mass is 32.2. The standard InChI is InChI=1S/2C17H35NO2.C10H8O6S2/c2*1-5-6-7-8-9-10-11-12-13-14-15-20-17(19)16(2)18(3)4;11-17(12,13)9-5-1-3-7-8(9)4-2-6-10(7)18(14,15)16/h2*16H,5-15H2,1-4H3;1-6H,(H,11,12,13)(H,14,15,16). The van der Waals surface area contributed by atoms with Crippen LogP contribution in [0.2, 0.25) is 0 Å². The number of fused-ring (bicyclic) bond motifs is 1. The van der Waals surface area contributed by atoms with Crippen molar-refractivity contribution in [1.82, 2.24) is 9.80 Å². The topological polar surface area (TPSA) is 168 Å². The normalized spacial score (nSPS) is 12.7. The van der Waals surface area contributed by atoms with Crippen molar-refractivity contribution in [3.05, 3.63) is 36.4 Å². The van der Waals surface area contributed by atoms with Crippen LogP contribution in [0.25, 0.3) is 10.8 Å². The molecule has 2 aromatic carbocycles. The van der Waals surface area contributed by atoms with E-state index in [1.165, 1.54) is 140 Å². The summed E-state index contributed by atoms with van der Waals surface area (Å²) in [7, 11) is -1.36. The van der Waals surface area contributed by atoms with Crippen LogP contribution in [0.3, 0.4) is 0 Å². The summed E-state index contributed by atoms with van der Waals surface area (Å²) in [6, 6.07) is 7.24. The molecule has 0 aromatic heterocycles. The lowest BCUT2D eigenvalue weighted by Crippen LogP contribution is -2.34. The summed E-state index contributed by atoms with van der Waals surface area (Å²) in [5, 5.41) is 0.0465. The van der Waals surface area contributed by atoms with Crippen LogP contribution in [-0.4, -0.2) is 101 Å². The molecule has 58 heavy (non-hydrogen) atoms. The van der Waals surface area contributed by atoms with E-state index in [4.69, 9.17) is 18.6 Å². The van der Waals surface area contributed by atoms with E-state index >= 15 is 0 Å². The minimum atomic E-state index is -4.47. The molecule has 2 N–H and O–H groups in total. The van der Waals surface area contributed by atoms with Crippen LogP contribution in [0.1, 0.15) is 156 Å².